The highest BCUT2D eigenvalue weighted by atomic mass is 79.9. The SMILES string of the molecule is Cc1ccc(CC2SC(=C(C#N)C(=O)NCc3ccco3)N(c3ccc(Br)cc3)C2=O)cc1. The summed E-state index contributed by atoms with van der Waals surface area (Å²) >= 11 is 4.65. The number of halogens is 1. The molecule has 2 amide bonds. The van der Waals surface area contributed by atoms with Gasteiger partial charge in [-0.2, -0.15) is 5.26 Å². The molecule has 6 nitrogen and oxygen atoms in total. The van der Waals surface area contributed by atoms with E-state index in [9.17, 15) is 14.9 Å². The van der Waals surface area contributed by atoms with Gasteiger partial charge in [0.2, 0.25) is 5.91 Å². The topological polar surface area (TPSA) is 86.3 Å². The van der Waals surface area contributed by atoms with E-state index in [2.05, 4.69) is 21.2 Å². The number of nitriles is 1. The number of nitrogens with zero attached hydrogens (tertiary/aromatic N) is 2. The molecule has 0 radical (unpaired) electrons. The van der Waals surface area contributed by atoms with E-state index in [4.69, 9.17) is 4.42 Å². The zero-order valence-corrected chi connectivity index (χ0v) is 20.2. The summed E-state index contributed by atoms with van der Waals surface area (Å²) in [4.78, 5) is 27.8. The second-order valence-corrected chi connectivity index (χ2v) is 9.61. The highest BCUT2D eigenvalue weighted by Crippen LogP contribution is 2.42. The van der Waals surface area contributed by atoms with Crippen molar-refractivity contribution in [3.63, 3.8) is 0 Å². The first-order chi connectivity index (χ1) is 16.0. The average Bonchev–Trinajstić information content (AvgIpc) is 3.44. The molecule has 0 spiro atoms. The van der Waals surface area contributed by atoms with Crippen molar-refractivity contribution in [2.24, 2.45) is 0 Å². The van der Waals surface area contributed by atoms with Crippen molar-refractivity contribution in [1.29, 1.82) is 5.26 Å². The van der Waals surface area contributed by atoms with E-state index >= 15 is 0 Å². The van der Waals surface area contributed by atoms with E-state index in [1.807, 2.05) is 49.4 Å². The number of benzene rings is 2. The van der Waals surface area contributed by atoms with Crippen molar-refractivity contribution < 1.29 is 14.0 Å². The molecule has 1 fully saturated rings. The molecule has 1 aromatic heterocycles. The van der Waals surface area contributed by atoms with Crippen LogP contribution in [0.2, 0.25) is 0 Å². The van der Waals surface area contributed by atoms with Crippen molar-refractivity contribution in [3.8, 4) is 6.07 Å². The molecular formula is C25H20BrN3O3S. The third-order valence-electron chi connectivity index (χ3n) is 5.14. The molecular weight excluding hydrogens is 502 g/mol. The lowest BCUT2D eigenvalue weighted by Gasteiger charge is -2.18. The monoisotopic (exact) mass is 521 g/mol. The largest absolute Gasteiger partial charge is 0.467 e. The van der Waals surface area contributed by atoms with Gasteiger partial charge < -0.3 is 9.73 Å². The number of hydrogen-bond acceptors (Lipinski definition) is 5. The van der Waals surface area contributed by atoms with Crippen LogP contribution in [0.1, 0.15) is 16.9 Å². The molecule has 8 heteroatoms. The third kappa shape index (κ3) is 5.21. The summed E-state index contributed by atoms with van der Waals surface area (Å²) in [7, 11) is 0. The molecule has 0 saturated carbocycles. The van der Waals surface area contributed by atoms with Crippen LogP contribution in [0.5, 0.6) is 0 Å². The summed E-state index contributed by atoms with van der Waals surface area (Å²) in [6.45, 7) is 2.16. The summed E-state index contributed by atoms with van der Waals surface area (Å²) in [5.74, 6) is -0.144. The van der Waals surface area contributed by atoms with Gasteiger partial charge in [0.1, 0.15) is 22.4 Å². The Hall–Kier alpha value is -3.28. The van der Waals surface area contributed by atoms with Gasteiger partial charge in [0.15, 0.2) is 0 Å². The van der Waals surface area contributed by atoms with Crippen molar-refractivity contribution in [3.05, 3.63) is 98.9 Å². The van der Waals surface area contributed by atoms with Crippen LogP contribution < -0.4 is 10.2 Å². The van der Waals surface area contributed by atoms with Crippen LogP contribution in [0, 0.1) is 18.3 Å². The first kappa shape index (κ1) is 22.9. The second kappa shape index (κ2) is 10.1. The summed E-state index contributed by atoms with van der Waals surface area (Å²) < 4.78 is 6.11. The fourth-order valence-electron chi connectivity index (χ4n) is 3.42. The van der Waals surface area contributed by atoms with Crippen LogP contribution in [-0.4, -0.2) is 17.1 Å². The first-order valence-electron chi connectivity index (χ1n) is 10.2. The number of hydrogen-bond donors (Lipinski definition) is 1. The number of rotatable bonds is 6. The van der Waals surface area contributed by atoms with Crippen LogP contribution in [0.25, 0.3) is 0 Å². The summed E-state index contributed by atoms with van der Waals surface area (Å²) in [6.07, 6.45) is 2.01. The van der Waals surface area contributed by atoms with Gasteiger partial charge in [-0.15, -0.1) is 0 Å². The number of anilines is 1. The Morgan fingerprint density at radius 2 is 1.91 bits per heavy atom. The molecule has 1 saturated heterocycles. The Bertz CT molecular complexity index is 1230. The van der Waals surface area contributed by atoms with Crippen LogP contribution in [0.3, 0.4) is 0 Å². The molecule has 166 valence electrons. The zero-order valence-electron chi connectivity index (χ0n) is 17.7. The van der Waals surface area contributed by atoms with Crippen molar-refractivity contribution in [1.82, 2.24) is 5.32 Å². The van der Waals surface area contributed by atoms with Gasteiger partial charge in [-0.3, -0.25) is 14.5 Å². The molecule has 0 aliphatic carbocycles. The quantitative estimate of drug-likeness (QED) is 0.360. The molecule has 1 aliphatic rings. The molecule has 1 aliphatic heterocycles. The minimum atomic E-state index is -0.553. The molecule has 1 unspecified atom stereocenters. The Morgan fingerprint density at radius 1 is 1.18 bits per heavy atom. The number of furan rings is 1. The Balaban J connectivity index is 1.67. The number of nitrogens with one attached hydrogen (secondary N) is 1. The van der Waals surface area contributed by atoms with E-state index < -0.39 is 11.2 Å². The number of carbonyl (C=O) groups excluding carboxylic acids is 2. The Kier molecular flexibility index (Phi) is 7.02. The van der Waals surface area contributed by atoms with Gasteiger partial charge in [0.05, 0.1) is 18.1 Å². The smallest absolute Gasteiger partial charge is 0.265 e. The summed E-state index contributed by atoms with van der Waals surface area (Å²) in [5, 5.41) is 12.5. The highest BCUT2D eigenvalue weighted by molar-refractivity contribution is 9.10. The lowest BCUT2D eigenvalue weighted by atomic mass is 10.1. The van der Waals surface area contributed by atoms with Crippen molar-refractivity contribution in [2.75, 3.05) is 4.90 Å². The predicted octanol–water partition coefficient (Wildman–Crippen LogP) is 5.09. The number of carbonyl (C=O) groups is 2. The maximum Gasteiger partial charge on any atom is 0.265 e. The molecule has 2 heterocycles. The Labute approximate surface area is 204 Å². The maximum absolute atomic E-state index is 13.5. The van der Waals surface area contributed by atoms with Gasteiger partial charge >= 0.3 is 0 Å². The second-order valence-electron chi connectivity index (χ2n) is 7.50. The molecule has 2 aromatic carbocycles. The van der Waals surface area contributed by atoms with Crippen LogP contribution in [0.15, 0.2) is 86.4 Å². The molecule has 3 aromatic rings. The van der Waals surface area contributed by atoms with E-state index in [0.29, 0.717) is 22.9 Å². The van der Waals surface area contributed by atoms with Gasteiger partial charge in [0, 0.05) is 10.2 Å². The van der Waals surface area contributed by atoms with Crippen molar-refractivity contribution in [2.45, 2.75) is 25.1 Å². The molecule has 0 bridgehead atoms. The van der Waals surface area contributed by atoms with Gasteiger partial charge in [0.25, 0.3) is 5.91 Å². The highest BCUT2D eigenvalue weighted by Gasteiger charge is 2.40. The fourth-order valence-corrected chi connectivity index (χ4v) is 4.99. The lowest BCUT2D eigenvalue weighted by molar-refractivity contribution is -0.117. The Morgan fingerprint density at radius 3 is 2.55 bits per heavy atom. The standard InChI is InChI=1S/C25H20BrN3O3S/c1-16-4-6-17(7-5-16)13-22-24(31)29(19-10-8-18(26)9-11-19)25(33-22)21(14-27)23(30)28-15-20-3-2-12-32-20/h2-12,22H,13,15H2,1H3,(H,28,30). The zero-order chi connectivity index (χ0) is 23.4. The minimum absolute atomic E-state index is 0.103. The molecule has 1 atom stereocenters. The van der Waals surface area contributed by atoms with Gasteiger partial charge in [-0.1, -0.05) is 57.5 Å². The molecule has 4 rings (SSSR count). The van der Waals surface area contributed by atoms with Crippen LogP contribution in [0.4, 0.5) is 5.69 Å². The van der Waals surface area contributed by atoms with E-state index in [-0.39, 0.29) is 18.0 Å². The first-order valence-corrected chi connectivity index (χ1v) is 11.9. The van der Waals surface area contributed by atoms with Crippen molar-refractivity contribution >= 4 is 45.2 Å². The third-order valence-corrected chi connectivity index (χ3v) is 6.93. The molecule has 1 N–H and O–H groups in total. The number of amides is 2. The normalized spacial score (nSPS) is 17.1. The maximum atomic E-state index is 13.5. The lowest BCUT2D eigenvalue weighted by Crippen LogP contribution is -2.32. The summed E-state index contributed by atoms with van der Waals surface area (Å²) in [5.41, 5.74) is 2.66. The fraction of sp³-hybridized carbons (Fsp3) is 0.160. The average molecular weight is 522 g/mol. The van der Waals surface area contributed by atoms with Crippen LogP contribution >= 0.6 is 27.7 Å². The summed E-state index contributed by atoms with van der Waals surface area (Å²) in [6, 6.07) is 20.7. The van der Waals surface area contributed by atoms with E-state index in [0.717, 1.165) is 15.6 Å². The number of thioether (sulfide) groups is 1. The van der Waals surface area contributed by atoms with E-state index in [1.54, 1.807) is 24.3 Å². The van der Waals surface area contributed by atoms with Crippen LogP contribution in [-0.2, 0) is 22.6 Å². The van der Waals surface area contributed by atoms with Gasteiger partial charge in [-0.05, 0) is 55.3 Å². The number of aryl methyl sites for hydroxylation is 1. The van der Waals surface area contributed by atoms with E-state index in [1.165, 1.54) is 22.9 Å². The van der Waals surface area contributed by atoms with Gasteiger partial charge in [-0.25, -0.2) is 0 Å². The predicted molar refractivity (Wildman–Crippen MR) is 131 cm³/mol. The minimum Gasteiger partial charge on any atom is -0.467 e. The molecule has 33 heavy (non-hydrogen) atoms.